The van der Waals surface area contributed by atoms with E-state index in [1.54, 1.807) is 0 Å². The maximum absolute atomic E-state index is 14.4. The monoisotopic (exact) mass is 630 g/mol. The molecule has 1 aromatic heterocycles. The minimum Gasteiger partial charge on any atom is -0.371 e. The van der Waals surface area contributed by atoms with Gasteiger partial charge in [0, 0.05) is 89.1 Å². The van der Waals surface area contributed by atoms with Gasteiger partial charge in [0.05, 0.1) is 5.56 Å². The zero-order chi connectivity index (χ0) is 29.6. The number of ketones is 1. The van der Waals surface area contributed by atoms with Gasteiger partial charge in [-0.1, -0.05) is 57.5 Å². The molecule has 0 atom stereocenters. The number of hydrogen-bond donors (Lipinski definition) is 1. The number of anilines is 1. The Hall–Kier alpha value is -2.15. The number of benzene rings is 2. The van der Waals surface area contributed by atoms with Crippen LogP contribution >= 0.6 is 15.9 Å². The SMILES string of the molecule is CCc1cc2c(cc1N1CCC(N3CCN(C4CC4)CC3)CC1)C(C)(C)c1[nH]c3cc(Br)cc(C(C)(C)C)c3c1C2=O. The number of rotatable bonds is 4. The number of H-pyrrole nitrogens is 1. The van der Waals surface area contributed by atoms with Crippen molar-refractivity contribution in [3.63, 3.8) is 0 Å². The minimum atomic E-state index is -0.306. The molecule has 7 rings (SSSR count). The van der Waals surface area contributed by atoms with Gasteiger partial charge in [0.1, 0.15) is 0 Å². The first-order valence-corrected chi connectivity index (χ1v) is 17.1. The molecule has 0 radical (unpaired) electrons. The second kappa shape index (κ2) is 10.2. The third-order valence-electron chi connectivity index (χ3n) is 10.8. The summed E-state index contributed by atoms with van der Waals surface area (Å²) in [7, 11) is 0. The molecule has 2 aromatic carbocycles. The van der Waals surface area contributed by atoms with Gasteiger partial charge in [-0.2, -0.15) is 0 Å². The van der Waals surface area contributed by atoms with Gasteiger partial charge in [-0.25, -0.2) is 0 Å². The normalized spacial score (nSPS) is 22.1. The molecule has 3 aromatic rings. The molecule has 0 unspecified atom stereocenters. The Labute approximate surface area is 260 Å². The quantitative estimate of drug-likeness (QED) is 0.326. The van der Waals surface area contributed by atoms with Crippen molar-refractivity contribution in [3.05, 3.63) is 62.2 Å². The van der Waals surface area contributed by atoms with Crippen LogP contribution in [0, 0.1) is 0 Å². The molecule has 2 aliphatic carbocycles. The van der Waals surface area contributed by atoms with E-state index in [1.807, 2.05) is 0 Å². The fourth-order valence-corrected chi connectivity index (χ4v) is 8.61. The fraction of sp³-hybridized carbons (Fsp3) is 0.583. The van der Waals surface area contributed by atoms with Crippen molar-refractivity contribution in [1.82, 2.24) is 14.8 Å². The van der Waals surface area contributed by atoms with Gasteiger partial charge < -0.3 is 9.88 Å². The Morgan fingerprint density at radius 1 is 0.905 bits per heavy atom. The lowest BCUT2D eigenvalue weighted by atomic mass is 9.69. The lowest BCUT2D eigenvalue weighted by molar-refractivity contribution is 0.0809. The minimum absolute atomic E-state index is 0.0853. The lowest BCUT2D eigenvalue weighted by Gasteiger charge is -2.44. The fourth-order valence-electron chi connectivity index (χ4n) is 8.15. The van der Waals surface area contributed by atoms with Crippen LogP contribution in [0.3, 0.4) is 0 Å². The van der Waals surface area contributed by atoms with Gasteiger partial charge in [0.15, 0.2) is 5.78 Å². The van der Waals surface area contributed by atoms with Crippen molar-refractivity contribution < 1.29 is 4.79 Å². The van der Waals surface area contributed by atoms with Gasteiger partial charge in [0.2, 0.25) is 0 Å². The number of aromatic nitrogens is 1. The molecule has 1 saturated carbocycles. The van der Waals surface area contributed by atoms with E-state index in [0.717, 1.165) is 63.3 Å². The van der Waals surface area contributed by atoms with Crippen molar-refractivity contribution in [3.8, 4) is 0 Å². The van der Waals surface area contributed by atoms with E-state index in [1.165, 1.54) is 68.7 Å². The summed E-state index contributed by atoms with van der Waals surface area (Å²) in [6.45, 7) is 20.7. The highest BCUT2D eigenvalue weighted by Gasteiger charge is 2.42. The van der Waals surface area contributed by atoms with Gasteiger partial charge in [-0.05, 0) is 78.5 Å². The number of carbonyl (C=O) groups excluding carboxylic acids is 1. The predicted molar refractivity (Wildman–Crippen MR) is 177 cm³/mol. The summed E-state index contributed by atoms with van der Waals surface area (Å²) in [5, 5.41) is 1.09. The molecule has 3 fully saturated rings. The summed E-state index contributed by atoms with van der Waals surface area (Å²) in [6.07, 6.45) is 6.21. The van der Waals surface area contributed by atoms with E-state index in [-0.39, 0.29) is 16.6 Å². The van der Waals surface area contributed by atoms with Crippen LogP contribution in [0.5, 0.6) is 0 Å². The Kier molecular flexibility index (Phi) is 6.95. The van der Waals surface area contributed by atoms with E-state index in [0.29, 0.717) is 6.04 Å². The second-order valence-corrected chi connectivity index (χ2v) is 15.8. The van der Waals surface area contributed by atoms with Gasteiger partial charge >= 0.3 is 0 Å². The highest BCUT2D eigenvalue weighted by Crippen LogP contribution is 2.48. The van der Waals surface area contributed by atoms with Crippen LogP contribution < -0.4 is 4.90 Å². The molecule has 0 amide bonds. The first kappa shape index (κ1) is 28.6. The molecule has 0 spiro atoms. The maximum Gasteiger partial charge on any atom is 0.195 e. The number of piperazine rings is 1. The summed E-state index contributed by atoms with van der Waals surface area (Å²) in [5.74, 6) is 0.170. The van der Waals surface area contributed by atoms with Crippen LogP contribution in [0.1, 0.15) is 106 Å². The second-order valence-electron chi connectivity index (χ2n) is 14.9. The van der Waals surface area contributed by atoms with E-state index >= 15 is 0 Å². The molecule has 224 valence electrons. The number of aromatic amines is 1. The third-order valence-corrected chi connectivity index (χ3v) is 11.2. The van der Waals surface area contributed by atoms with Crippen molar-refractivity contribution in [1.29, 1.82) is 0 Å². The molecule has 4 aliphatic rings. The topological polar surface area (TPSA) is 42.6 Å². The lowest BCUT2D eigenvalue weighted by Crippen LogP contribution is -2.53. The largest absolute Gasteiger partial charge is 0.371 e. The first-order chi connectivity index (χ1) is 20.0. The van der Waals surface area contributed by atoms with Crippen LogP contribution in [-0.4, -0.2) is 71.9 Å². The van der Waals surface area contributed by atoms with E-state index < -0.39 is 0 Å². The molecule has 3 heterocycles. The maximum atomic E-state index is 14.4. The number of nitrogens with one attached hydrogen (secondary N) is 1. The highest BCUT2D eigenvalue weighted by atomic mass is 79.9. The third kappa shape index (κ3) is 4.68. The Morgan fingerprint density at radius 3 is 2.10 bits per heavy atom. The molecule has 5 nitrogen and oxygen atoms in total. The van der Waals surface area contributed by atoms with Gasteiger partial charge in [-0.3, -0.25) is 14.6 Å². The first-order valence-electron chi connectivity index (χ1n) is 16.3. The summed E-state index contributed by atoms with van der Waals surface area (Å²) >= 11 is 3.74. The molecule has 2 aliphatic heterocycles. The summed E-state index contributed by atoms with van der Waals surface area (Å²) in [6, 6.07) is 10.6. The van der Waals surface area contributed by atoms with E-state index in [9.17, 15) is 4.79 Å². The van der Waals surface area contributed by atoms with Crippen molar-refractivity contribution in [2.24, 2.45) is 0 Å². The number of hydrogen-bond acceptors (Lipinski definition) is 4. The van der Waals surface area contributed by atoms with Gasteiger partial charge in [0.25, 0.3) is 0 Å². The standard InChI is InChI=1S/C36H47BrN4O/c1-7-22-18-26-27(21-30(22)41-12-10-25(11-13-41)40-16-14-39(15-17-40)24-8-9-24)36(5,6)34-32(33(26)42)31-28(35(2,3)4)19-23(37)20-29(31)38-34/h18-21,24-25,38H,7-17H2,1-6H3. The number of carbonyl (C=O) groups is 1. The number of aryl methyl sites for hydroxylation is 1. The molecule has 6 heteroatoms. The molecule has 1 N–H and O–H groups in total. The number of nitrogens with zero attached hydrogens (tertiary/aromatic N) is 3. The number of halogens is 1. The van der Waals surface area contributed by atoms with Crippen molar-refractivity contribution >= 4 is 38.3 Å². The number of fused-ring (bicyclic) bond motifs is 4. The van der Waals surface area contributed by atoms with Crippen LogP contribution in [0.4, 0.5) is 5.69 Å². The van der Waals surface area contributed by atoms with Gasteiger partial charge in [-0.15, -0.1) is 0 Å². The van der Waals surface area contributed by atoms with Crippen LogP contribution in [-0.2, 0) is 17.3 Å². The Balaban J connectivity index is 1.20. The van der Waals surface area contributed by atoms with Crippen molar-refractivity contribution in [2.75, 3.05) is 44.2 Å². The van der Waals surface area contributed by atoms with Crippen LogP contribution in [0.15, 0.2) is 28.7 Å². The highest BCUT2D eigenvalue weighted by molar-refractivity contribution is 9.10. The Bertz CT molecular complexity index is 1540. The molecular formula is C36H47BrN4O. The summed E-state index contributed by atoms with van der Waals surface area (Å²) in [4.78, 5) is 26.3. The van der Waals surface area contributed by atoms with Crippen molar-refractivity contribution in [2.45, 2.75) is 96.6 Å². The van der Waals surface area contributed by atoms with E-state index in [2.05, 4.69) is 101 Å². The Morgan fingerprint density at radius 2 is 1.52 bits per heavy atom. The molecular weight excluding hydrogens is 584 g/mol. The summed E-state index contributed by atoms with van der Waals surface area (Å²) < 4.78 is 1.05. The predicted octanol–water partition coefficient (Wildman–Crippen LogP) is 7.41. The smallest absolute Gasteiger partial charge is 0.195 e. The molecule has 0 bridgehead atoms. The zero-order valence-corrected chi connectivity index (χ0v) is 28.0. The molecule has 42 heavy (non-hydrogen) atoms. The summed E-state index contributed by atoms with van der Waals surface area (Å²) in [5.41, 5.74) is 8.48. The van der Waals surface area contributed by atoms with Crippen LogP contribution in [0.25, 0.3) is 10.9 Å². The average Bonchev–Trinajstić information content (AvgIpc) is 3.74. The zero-order valence-electron chi connectivity index (χ0n) is 26.4. The average molecular weight is 632 g/mol. The van der Waals surface area contributed by atoms with E-state index in [4.69, 9.17) is 0 Å². The van der Waals surface area contributed by atoms with Crippen LogP contribution in [0.2, 0.25) is 0 Å². The molecule has 2 saturated heterocycles. The number of piperidine rings is 1.